The average Bonchev–Trinajstić information content (AvgIpc) is 3.10. The predicted molar refractivity (Wildman–Crippen MR) is 107 cm³/mol. The normalized spacial score (nSPS) is 17.8. The van der Waals surface area contributed by atoms with Crippen LogP contribution in [0.1, 0.15) is 25.3 Å². The maximum atomic E-state index is 5.95. The van der Waals surface area contributed by atoms with E-state index in [2.05, 4.69) is 47.2 Å². The summed E-state index contributed by atoms with van der Waals surface area (Å²) in [7, 11) is 0. The van der Waals surface area contributed by atoms with Gasteiger partial charge in [0.15, 0.2) is 5.13 Å². The molecule has 1 N–H and O–H groups in total. The molecule has 0 amide bonds. The Balaban J connectivity index is 1.54. The third-order valence-corrected chi connectivity index (χ3v) is 5.80. The second-order valence-electron chi connectivity index (χ2n) is 6.93. The van der Waals surface area contributed by atoms with E-state index in [-0.39, 0.29) is 6.04 Å². The molecule has 0 radical (unpaired) electrons. The lowest BCUT2D eigenvalue weighted by atomic mass is 10.0. The average molecular weight is 369 g/mol. The number of ether oxygens (including phenoxy) is 1. The van der Waals surface area contributed by atoms with Gasteiger partial charge in [0, 0.05) is 25.8 Å². The predicted octanol–water partition coefficient (Wildman–Crippen LogP) is 3.67. The summed E-state index contributed by atoms with van der Waals surface area (Å²) < 4.78 is 7.22. The van der Waals surface area contributed by atoms with Gasteiger partial charge in [0.25, 0.3) is 0 Å². The Labute approximate surface area is 158 Å². The lowest BCUT2D eigenvalue weighted by Crippen LogP contribution is -2.54. The third kappa shape index (κ3) is 3.66. The van der Waals surface area contributed by atoms with Crippen LogP contribution in [0.4, 0.5) is 5.13 Å². The molecule has 4 rings (SSSR count). The summed E-state index contributed by atoms with van der Waals surface area (Å²) in [5, 5.41) is 4.55. The van der Waals surface area contributed by atoms with Gasteiger partial charge >= 0.3 is 0 Å². The molecular formula is C20H24N4OS. The van der Waals surface area contributed by atoms with E-state index in [1.807, 2.05) is 12.1 Å². The van der Waals surface area contributed by atoms with Crippen molar-refractivity contribution in [1.82, 2.24) is 15.3 Å². The molecule has 0 spiro atoms. The molecule has 1 aromatic carbocycles. The van der Waals surface area contributed by atoms with Gasteiger partial charge in [-0.1, -0.05) is 31.3 Å². The second kappa shape index (κ2) is 7.60. The Kier molecular flexibility index (Phi) is 5.04. The number of nitrogens with one attached hydrogen (secondary N) is 1. The van der Waals surface area contributed by atoms with Crippen molar-refractivity contribution in [2.24, 2.45) is 0 Å². The van der Waals surface area contributed by atoms with Crippen LogP contribution in [0.15, 0.2) is 42.7 Å². The van der Waals surface area contributed by atoms with Crippen molar-refractivity contribution in [3.63, 3.8) is 0 Å². The van der Waals surface area contributed by atoms with E-state index in [1.165, 1.54) is 10.3 Å². The molecule has 5 nitrogen and oxygen atoms in total. The standard InChI is InChI=1S/C20H24N4OS/c1-14(2)15-5-6-18-19(10-15)26-20(23-18)24-9-8-22-11-16(24)13-25-17-4-3-7-21-12-17/h3-7,10,12,14,16,22H,8-9,11,13H2,1-2H3. The smallest absolute Gasteiger partial charge is 0.186 e. The van der Waals surface area contributed by atoms with Crippen LogP contribution in [-0.2, 0) is 0 Å². The van der Waals surface area contributed by atoms with Crippen molar-refractivity contribution in [2.75, 3.05) is 31.1 Å². The van der Waals surface area contributed by atoms with Gasteiger partial charge < -0.3 is 15.0 Å². The van der Waals surface area contributed by atoms with Crippen LogP contribution in [0.2, 0.25) is 0 Å². The molecule has 0 aliphatic carbocycles. The van der Waals surface area contributed by atoms with Crippen molar-refractivity contribution < 1.29 is 4.74 Å². The largest absolute Gasteiger partial charge is 0.490 e. The van der Waals surface area contributed by atoms with E-state index in [1.54, 1.807) is 23.7 Å². The molecule has 0 saturated carbocycles. The first-order chi connectivity index (χ1) is 12.7. The molecule has 1 aliphatic rings. The minimum atomic E-state index is 0.258. The van der Waals surface area contributed by atoms with Crippen LogP contribution in [0.25, 0.3) is 10.2 Å². The Morgan fingerprint density at radius 2 is 2.27 bits per heavy atom. The van der Waals surface area contributed by atoms with Crippen LogP contribution in [0.3, 0.4) is 0 Å². The fraction of sp³-hybridized carbons (Fsp3) is 0.400. The zero-order valence-electron chi connectivity index (χ0n) is 15.2. The molecule has 6 heteroatoms. The Morgan fingerprint density at radius 1 is 1.35 bits per heavy atom. The lowest BCUT2D eigenvalue weighted by molar-refractivity contribution is 0.266. The number of hydrogen-bond acceptors (Lipinski definition) is 6. The number of piperazine rings is 1. The molecule has 26 heavy (non-hydrogen) atoms. The van der Waals surface area contributed by atoms with Crippen molar-refractivity contribution >= 4 is 26.7 Å². The van der Waals surface area contributed by atoms with Gasteiger partial charge in [0.05, 0.1) is 22.5 Å². The van der Waals surface area contributed by atoms with Crippen LogP contribution in [0, 0.1) is 0 Å². The number of rotatable bonds is 5. The molecular weight excluding hydrogens is 344 g/mol. The van der Waals surface area contributed by atoms with E-state index in [0.717, 1.165) is 36.0 Å². The van der Waals surface area contributed by atoms with Gasteiger partial charge in [-0.3, -0.25) is 4.98 Å². The maximum absolute atomic E-state index is 5.95. The molecule has 1 aliphatic heterocycles. The molecule has 2 aromatic heterocycles. The Morgan fingerprint density at radius 3 is 3.08 bits per heavy atom. The van der Waals surface area contributed by atoms with Crippen molar-refractivity contribution in [3.8, 4) is 5.75 Å². The number of thiazole rings is 1. The SMILES string of the molecule is CC(C)c1ccc2nc(N3CCNCC3COc3cccnc3)sc2c1. The van der Waals surface area contributed by atoms with E-state index in [0.29, 0.717) is 12.5 Å². The summed E-state index contributed by atoms with van der Waals surface area (Å²) in [6.45, 7) is 7.88. The third-order valence-electron chi connectivity index (χ3n) is 4.74. The number of fused-ring (bicyclic) bond motifs is 1. The van der Waals surface area contributed by atoms with Gasteiger partial charge in [-0.25, -0.2) is 4.98 Å². The summed E-state index contributed by atoms with van der Waals surface area (Å²) >= 11 is 1.78. The fourth-order valence-corrected chi connectivity index (χ4v) is 4.31. The van der Waals surface area contributed by atoms with E-state index in [4.69, 9.17) is 9.72 Å². The van der Waals surface area contributed by atoms with Crippen molar-refractivity contribution in [1.29, 1.82) is 0 Å². The van der Waals surface area contributed by atoms with Crippen LogP contribution < -0.4 is 15.0 Å². The summed E-state index contributed by atoms with van der Waals surface area (Å²) in [6, 6.07) is 10.7. The summed E-state index contributed by atoms with van der Waals surface area (Å²) in [5.74, 6) is 1.34. The first-order valence-corrected chi connectivity index (χ1v) is 9.93. The molecule has 1 saturated heterocycles. The molecule has 1 unspecified atom stereocenters. The maximum Gasteiger partial charge on any atom is 0.186 e. The first-order valence-electron chi connectivity index (χ1n) is 9.11. The van der Waals surface area contributed by atoms with Crippen LogP contribution in [0.5, 0.6) is 5.75 Å². The number of nitrogens with zero attached hydrogens (tertiary/aromatic N) is 3. The highest BCUT2D eigenvalue weighted by molar-refractivity contribution is 7.22. The van der Waals surface area contributed by atoms with E-state index >= 15 is 0 Å². The van der Waals surface area contributed by atoms with Crippen LogP contribution >= 0.6 is 11.3 Å². The summed E-state index contributed by atoms with van der Waals surface area (Å²) in [6.07, 6.45) is 3.51. The molecule has 136 valence electrons. The zero-order chi connectivity index (χ0) is 17.9. The van der Waals surface area contributed by atoms with Gasteiger partial charge in [-0.05, 0) is 35.7 Å². The molecule has 0 bridgehead atoms. The van der Waals surface area contributed by atoms with E-state index < -0.39 is 0 Å². The highest BCUT2D eigenvalue weighted by Gasteiger charge is 2.25. The summed E-state index contributed by atoms with van der Waals surface area (Å²) in [4.78, 5) is 11.4. The molecule has 1 atom stereocenters. The Bertz CT molecular complexity index is 865. The lowest BCUT2D eigenvalue weighted by Gasteiger charge is -2.35. The number of hydrogen-bond donors (Lipinski definition) is 1. The van der Waals surface area contributed by atoms with Crippen LogP contribution in [-0.4, -0.2) is 42.3 Å². The monoisotopic (exact) mass is 368 g/mol. The quantitative estimate of drug-likeness (QED) is 0.745. The molecule has 1 fully saturated rings. The number of pyridine rings is 1. The minimum Gasteiger partial charge on any atom is -0.490 e. The van der Waals surface area contributed by atoms with Gasteiger partial charge in [0.2, 0.25) is 0 Å². The summed E-state index contributed by atoms with van der Waals surface area (Å²) in [5.41, 5.74) is 2.45. The van der Waals surface area contributed by atoms with Gasteiger partial charge in [-0.2, -0.15) is 0 Å². The number of anilines is 1. The number of aromatic nitrogens is 2. The topological polar surface area (TPSA) is 50.3 Å². The van der Waals surface area contributed by atoms with Crippen molar-refractivity contribution in [2.45, 2.75) is 25.8 Å². The number of benzene rings is 1. The molecule has 3 aromatic rings. The Hall–Kier alpha value is -2.18. The van der Waals surface area contributed by atoms with Gasteiger partial charge in [0.1, 0.15) is 12.4 Å². The highest BCUT2D eigenvalue weighted by atomic mass is 32.1. The van der Waals surface area contributed by atoms with Crippen molar-refractivity contribution in [3.05, 3.63) is 48.3 Å². The fourth-order valence-electron chi connectivity index (χ4n) is 3.20. The first kappa shape index (κ1) is 17.2. The van der Waals surface area contributed by atoms with E-state index in [9.17, 15) is 0 Å². The highest BCUT2D eigenvalue weighted by Crippen LogP contribution is 2.32. The second-order valence-corrected chi connectivity index (χ2v) is 7.94. The molecule has 3 heterocycles. The zero-order valence-corrected chi connectivity index (χ0v) is 16.0. The van der Waals surface area contributed by atoms with Gasteiger partial charge in [-0.15, -0.1) is 0 Å². The minimum absolute atomic E-state index is 0.258.